The summed E-state index contributed by atoms with van der Waals surface area (Å²) in [5.74, 6) is -0.408. The topological polar surface area (TPSA) is 58.4 Å². The van der Waals surface area contributed by atoms with E-state index in [4.69, 9.17) is 0 Å². The molecule has 19 heavy (non-hydrogen) atoms. The van der Waals surface area contributed by atoms with Crippen LogP contribution in [0.15, 0.2) is 12.1 Å². The molecule has 1 aromatic carbocycles. The Kier molecular flexibility index (Phi) is 4.56. The van der Waals surface area contributed by atoms with E-state index in [1.165, 1.54) is 12.1 Å². The molecule has 0 aromatic heterocycles. The van der Waals surface area contributed by atoms with Gasteiger partial charge in [0, 0.05) is 31.8 Å². The van der Waals surface area contributed by atoms with Gasteiger partial charge in [-0.3, -0.25) is 10.1 Å². The van der Waals surface area contributed by atoms with Crippen molar-refractivity contribution in [1.82, 2.24) is 5.32 Å². The third-order valence-corrected chi connectivity index (χ3v) is 4.02. The Balaban J connectivity index is 2.44. The van der Waals surface area contributed by atoms with Crippen molar-refractivity contribution in [2.24, 2.45) is 0 Å². The highest BCUT2D eigenvalue weighted by molar-refractivity contribution is 14.1. The fraction of sp³-hybridized carbons (Fsp3) is 0.500. The second kappa shape index (κ2) is 6.00. The monoisotopic (exact) mass is 379 g/mol. The Morgan fingerprint density at radius 1 is 1.58 bits per heavy atom. The third kappa shape index (κ3) is 2.97. The van der Waals surface area contributed by atoms with Crippen LogP contribution in [0.25, 0.3) is 0 Å². The minimum absolute atomic E-state index is 0.0221. The van der Waals surface area contributed by atoms with Gasteiger partial charge in [0.1, 0.15) is 11.5 Å². The van der Waals surface area contributed by atoms with E-state index in [0.29, 0.717) is 12.2 Å². The summed E-state index contributed by atoms with van der Waals surface area (Å²) in [5.41, 5.74) is 0.363. The first-order valence-corrected chi connectivity index (χ1v) is 7.23. The molecule has 0 bridgehead atoms. The number of nitrogens with one attached hydrogen (secondary N) is 1. The van der Waals surface area contributed by atoms with Gasteiger partial charge < -0.3 is 10.2 Å². The van der Waals surface area contributed by atoms with Crippen molar-refractivity contribution in [1.29, 1.82) is 0 Å². The van der Waals surface area contributed by atoms with Crippen LogP contribution >= 0.6 is 22.6 Å². The van der Waals surface area contributed by atoms with E-state index >= 15 is 0 Å². The van der Waals surface area contributed by atoms with Crippen molar-refractivity contribution in [2.75, 3.05) is 24.5 Å². The SMILES string of the molecule is CCCN(c1cc(F)c(I)cc1[N+](=O)[O-])C1CNC1. The van der Waals surface area contributed by atoms with Crippen LogP contribution < -0.4 is 10.2 Å². The average Bonchev–Trinajstić information content (AvgIpc) is 2.29. The third-order valence-electron chi connectivity index (χ3n) is 3.19. The molecule has 1 fully saturated rings. The van der Waals surface area contributed by atoms with Crippen LogP contribution in [0, 0.1) is 19.5 Å². The van der Waals surface area contributed by atoms with Crippen molar-refractivity contribution in [3.63, 3.8) is 0 Å². The van der Waals surface area contributed by atoms with Crippen molar-refractivity contribution in [3.05, 3.63) is 31.6 Å². The van der Waals surface area contributed by atoms with E-state index in [9.17, 15) is 14.5 Å². The molecule has 2 rings (SSSR count). The number of nitro groups is 1. The van der Waals surface area contributed by atoms with Gasteiger partial charge in [-0.2, -0.15) is 0 Å². The molecular formula is C12H15FIN3O2. The van der Waals surface area contributed by atoms with Gasteiger partial charge in [0.2, 0.25) is 0 Å². The van der Waals surface area contributed by atoms with Crippen LogP contribution in [0.2, 0.25) is 0 Å². The maximum absolute atomic E-state index is 13.7. The molecule has 1 heterocycles. The second-order valence-corrected chi connectivity index (χ2v) is 5.68. The van der Waals surface area contributed by atoms with E-state index in [1.807, 2.05) is 11.8 Å². The molecule has 0 atom stereocenters. The van der Waals surface area contributed by atoms with Crippen molar-refractivity contribution >= 4 is 34.0 Å². The summed E-state index contributed by atoms with van der Waals surface area (Å²) in [6.07, 6.45) is 0.862. The van der Waals surface area contributed by atoms with Crippen molar-refractivity contribution in [3.8, 4) is 0 Å². The van der Waals surface area contributed by atoms with Gasteiger partial charge in [-0.15, -0.1) is 0 Å². The minimum Gasteiger partial charge on any atom is -0.360 e. The Morgan fingerprint density at radius 2 is 2.26 bits per heavy atom. The van der Waals surface area contributed by atoms with E-state index in [2.05, 4.69) is 5.32 Å². The van der Waals surface area contributed by atoms with E-state index < -0.39 is 10.7 Å². The highest BCUT2D eigenvalue weighted by atomic mass is 127. The number of nitro benzene ring substituents is 1. The first-order chi connectivity index (χ1) is 9.04. The summed E-state index contributed by atoms with van der Waals surface area (Å²) in [7, 11) is 0. The number of benzene rings is 1. The molecule has 1 aromatic rings. The van der Waals surface area contributed by atoms with Gasteiger partial charge in [0.25, 0.3) is 5.69 Å². The summed E-state index contributed by atoms with van der Waals surface area (Å²) in [6, 6.07) is 2.80. The molecule has 1 N–H and O–H groups in total. The minimum atomic E-state index is -0.439. The van der Waals surface area contributed by atoms with E-state index in [1.54, 1.807) is 22.6 Å². The lowest BCUT2D eigenvalue weighted by atomic mass is 10.1. The standard InChI is InChI=1S/C12H15FIN3O2/c1-2-3-16(8-6-15-7-8)11-4-9(13)10(14)5-12(11)17(18)19/h4-5,8,15H,2-3,6-7H2,1H3. The van der Waals surface area contributed by atoms with Gasteiger partial charge in [-0.05, 0) is 29.0 Å². The van der Waals surface area contributed by atoms with Crippen molar-refractivity contribution < 1.29 is 9.31 Å². The quantitative estimate of drug-likeness (QED) is 0.485. The summed E-state index contributed by atoms with van der Waals surface area (Å²) in [5, 5.41) is 14.3. The Morgan fingerprint density at radius 3 is 2.74 bits per heavy atom. The zero-order valence-corrected chi connectivity index (χ0v) is 12.7. The van der Waals surface area contributed by atoms with Crippen molar-refractivity contribution in [2.45, 2.75) is 19.4 Å². The predicted octanol–water partition coefficient (Wildman–Crippen LogP) is 2.53. The summed E-state index contributed by atoms with van der Waals surface area (Å²) in [6.45, 7) is 4.26. The Hall–Kier alpha value is -0.960. The number of halogens is 2. The summed E-state index contributed by atoms with van der Waals surface area (Å²) >= 11 is 1.78. The van der Waals surface area contributed by atoms with Crippen LogP contribution in [-0.2, 0) is 0 Å². The Bertz CT molecular complexity index is 494. The molecule has 5 nitrogen and oxygen atoms in total. The van der Waals surface area contributed by atoms with Crippen LogP contribution in [0.3, 0.4) is 0 Å². The first kappa shape index (κ1) is 14.4. The molecule has 1 saturated heterocycles. The molecule has 0 radical (unpaired) electrons. The maximum atomic E-state index is 13.7. The molecule has 104 valence electrons. The summed E-state index contributed by atoms with van der Waals surface area (Å²) in [4.78, 5) is 12.7. The van der Waals surface area contributed by atoms with Crippen LogP contribution in [0.1, 0.15) is 13.3 Å². The molecule has 0 spiro atoms. The zero-order valence-electron chi connectivity index (χ0n) is 10.5. The number of hydrogen-bond donors (Lipinski definition) is 1. The highest BCUT2D eigenvalue weighted by Crippen LogP contribution is 2.33. The number of nitrogens with zero attached hydrogens (tertiary/aromatic N) is 2. The lowest BCUT2D eigenvalue weighted by Gasteiger charge is -2.39. The van der Waals surface area contributed by atoms with Gasteiger partial charge >= 0.3 is 0 Å². The molecule has 0 aliphatic carbocycles. The van der Waals surface area contributed by atoms with Gasteiger partial charge in [0.15, 0.2) is 0 Å². The number of hydrogen-bond acceptors (Lipinski definition) is 4. The highest BCUT2D eigenvalue weighted by Gasteiger charge is 2.30. The molecule has 7 heteroatoms. The van der Waals surface area contributed by atoms with Crippen LogP contribution in [-0.4, -0.2) is 30.6 Å². The second-order valence-electron chi connectivity index (χ2n) is 4.52. The largest absolute Gasteiger partial charge is 0.360 e. The van der Waals surface area contributed by atoms with Crippen LogP contribution in [0.5, 0.6) is 0 Å². The first-order valence-electron chi connectivity index (χ1n) is 6.15. The van der Waals surface area contributed by atoms with Crippen LogP contribution in [0.4, 0.5) is 15.8 Å². The van der Waals surface area contributed by atoms with Gasteiger partial charge in [0.05, 0.1) is 14.5 Å². The molecule has 0 amide bonds. The molecular weight excluding hydrogens is 364 g/mol. The number of anilines is 1. The zero-order chi connectivity index (χ0) is 14.0. The fourth-order valence-corrected chi connectivity index (χ4v) is 2.59. The van der Waals surface area contributed by atoms with Gasteiger partial charge in [-0.1, -0.05) is 6.92 Å². The average molecular weight is 379 g/mol. The lowest BCUT2D eigenvalue weighted by molar-refractivity contribution is -0.384. The van der Waals surface area contributed by atoms with Gasteiger partial charge in [-0.25, -0.2) is 4.39 Å². The predicted molar refractivity (Wildman–Crippen MR) is 80.1 cm³/mol. The number of rotatable bonds is 5. The molecule has 1 aliphatic heterocycles. The normalized spacial score (nSPS) is 15.1. The maximum Gasteiger partial charge on any atom is 0.293 e. The van der Waals surface area contributed by atoms with E-state index in [-0.39, 0.29) is 15.3 Å². The molecule has 0 saturated carbocycles. The summed E-state index contributed by atoms with van der Waals surface area (Å²) < 4.78 is 14.0. The molecule has 1 aliphatic rings. The van der Waals surface area contributed by atoms with E-state index in [0.717, 1.165) is 19.5 Å². The fourth-order valence-electron chi connectivity index (χ4n) is 2.14. The molecule has 0 unspecified atom stereocenters. The smallest absolute Gasteiger partial charge is 0.293 e. The lowest BCUT2D eigenvalue weighted by Crippen LogP contribution is -2.57. The Labute approximate surface area is 124 Å².